The van der Waals surface area contributed by atoms with Crippen LogP contribution in [0.1, 0.15) is 56.5 Å². The van der Waals surface area contributed by atoms with Crippen LogP contribution < -0.4 is 0 Å². The first-order chi connectivity index (χ1) is 12.7. The topological polar surface area (TPSA) is 20.5 Å². The molecule has 0 fully saturated rings. The maximum Gasteiger partial charge on any atom is 0.110 e. The van der Waals surface area contributed by atoms with Crippen LogP contribution in [0.25, 0.3) is 16.4 Å². The molecule has 140 valence electrons. The summed E-state index contributed by atoms with van der Waals surface area (Å²) < 4.78 is 2.34. The molecule has 0 aliphatic carbocycles. The van der Waals surface area contributed by atoms with E-state index in [-0.39, 0.29) is 0 Å². The highest BCUT2D eigenvalue weighted by Gasteiger charge is 2.16. The summed E-state index contributed by atoms with van der Waals surface area (Å²) >= 11 is 0. The number of likely N-dealkylation sites (N-methyl/N-ethyl adjacent to an activating group) is 1. The molecule has 0 aliphatic heterocycles. The molecule has 0 radical (unpaired) electrons. The number of rotatable bonds is 9. The van der Waals surface area contributed by atoms with Crippen LogP contribution in [0.2, 0.25) is 0 Å². The smallest absolute Gasteiger partial charge is 0.110 e. The van der Waals surface area contributed by atoms with Gasteiger partial charge in [-0.25, -0.2) is 4.98 Å². The van der Waals surface area contributed by atoms with Crippen LogP contribution in [0, 0.1) is 13.8 Å². The van der Waals surface area contributed by atoms with Crippen molar-refractivity contribution in [3.05, 3.63) is 47.4 Å². The van der Waals surface area contributed by atoms with E-state index in [1.54, 1.807) is 0 Å². The van der Waals surface area contributed by atoms with Crippen molar-refractivity contribution >= 4 is 16.4 Å². The molecule has 0 unspecified atom stereocenters. The van der Waals surface area contributed by atoms with Gasteiger partial charge in [-0.3, -0.25) is 4.40 Å². The van der Waals surface area contributed by atoms with Crippen LogP contribution in [0.15, 0.2) is 30.5 Å². The Morgan fingerprint density at radius 2 is 1.81 bits per heavy atom. The van der Waals surface area contributed by atoms with Gasteiger partial charge in [0, 0.05) is 18.1 Å². The predicted molar refractivity (Wildman–Crippen MR) is 112 cm³/mol. The van der Waals surface area contributed by atoms with Gasteiger partial charge in [0.25, 0.3) is 0 Å². The average molecular weight is 352 g/mol. The van der Waals surface area contributed by atoms with Crippen molar-refractivity contribution in [3.8, 4) is 0 Å². The molecule has 0 amide bonds. The van der Waals surface area contributed by atoms with Gasteiger partial charge >= 0.3 is 0 Å². The Morgan fingerprint density at radius 3 is 2.58 bits per heavy atom. The Morgan fingerprint density at radius 1 is 1.00 bits per heavy atom. The molecule has 3 nitrogen and oxygen atoms in total. The molecule has 0 atom stereocenters. The quantitative estimate of drug-likeness (QED) is 0.471. The van der Waals surface area contributed by atoms with Gasteiger partial charge in [0.15, 0.2) is 0 Å². The lowest BCUT2D eigenvalue weighted by Crippen LogP contribution is -2.27. The molecule has 2 heterocycles. The lowest BCUT2D eigenvalue weighted by atomic mass is 10.1. The van der Waals surface area contributed by atoms with Gasteiger partial charge in [-0.15, -0.1) is 0 Å². The average Bonchev–Trinajstić information content (AvgIpc) is 3.00. The lowest BCUT2D eigenvalue weighted by molar-refractivity contribution is 0.284. The van der Waals surface area contributed by atoms with Crippen molar-refractivity contribution < 1.29 is 0 Å². The minimum absolute atomic E-state index is 1.07. The molecule has 0 saturated heterocycles. The molecule has 2 aromatic heterocycles. The third-order valence-electron chi connectivity index (χ3n) is 5.57. The molecular formula is C23H33N3. The van der Waals surface area contributed by atoms with E-state index in [4.69, 9.17) is 0 Å². The zero-order valence-electron chi connectivity index (χ0n) is 16.9. The summed E-state index contributed by atoms with van der Waals surface area (Å²) in [6.07, 6.45) is 8.47. The Balaban J connectivity index is 1.88. The SMILES string of the molecule is CCCCCCN(CC)CCc1c2ccccc2n2c(C)ncc(C)c12. The van der Waals surface area contributed by atoms with E-state index in [9.17, 15) is 0 Å². The number of para-hydroxylation sites is 1. The Hall–Kier alpha value is -1.87. The van der Waals surface area contributed by atoms with Crippen molar-refractivity contribution in [3.63, 3.8) is 0 Å². The van der Waals surface area contributed by atoms with Gasteiger partial charge in [-0.2, -0.15) is 0 Å². The minimum Gasteiger partial charge on any atom is -0.303 e. The molecule has 0 N–H and O–H groups in total. The summed E-state index contributed by atoms with van der Waals surface area (Å²) in [6, 6.07) is 8.79. The summed E-state index contributed by atoms with van der Waals surface area (Å²) in [7, 11) is 0. The predicted octanol–water partition coefficient (Wildman–Crippen LogP) is 5.55. The summed E-state index contributed by atoms with van der Waals surface area (Å²) in [5, 5.41) is 1.38. The highest BCUT2D eigenvalue weighted by Crippen LogP contribution is 2.30. The van der Waals surface area contributed by atoms with E-state index < -0.39 is 0 Å². The van der Waals surface area contributed by atoms with Gasteiger partial charge < -0.3 is 4.90 Å². The highest BCUT2D eigenvalue weighted by atomic mass is 15.1. The number of aromatic nitrogens is 2. The summed E-state index contributed by atoms with van der Waals surface area (Å²) in [5.41, 5.74) is 5.40. The van der Waals surface area contributed by atoms with E-state index in [1.165, 1.54) is 59.8 Å². The molecule has 26 heavy (non-hydrogen) atoms. The third-order valence-corrected chi connectivity index (χ3v) is 5.57. The second-order valence-corrected chi connectivity index (χ2v) is 7.41. The van der Waals surface area contributed by atoms with Crippen molar-refractivity contribution in [2.45, 2.75) is 59.8 Å². The number of hydrogen-bond acceptors (Lipinski definition) is 2. The van der Waals surface area contributed by atoms with E-state index in [0.717, 1.165) is 25.3 Å². The number of aryl methyl sites for hydroxylation is 2. The van der Waals surface area contributed by atoms with Crippen molar-refractivity contribution in [2.75, 3.05) is 19.6 Å². The van der Waals surface area contributed by atoms with E-state index in [1.807, 2.05) is 6.20 Å². The number of unbranched alkanes of at least 4 members (excludes halogenated alkanes) is 3. The molecular weight excluding hydrogens is 318 g/mol. The van der Waals surface area contributed by atoms with E-state index in [0.29, 0.717) is 0 Å². The first-order valence-electron chi connectivity index (χ1n) is 10.2. The number of fused-ring (bicyclic) bond motifs is 3. The largest absolute Gasteiger partial charge is 0.303 e. The number of hydrogen-bond donors (Lipinski definition) is 0. The van der Waals surface area contributed by atoms with Crippen LogP contribution in [0.5, 0.6) is 0 Å². The summed E-state index contributed by atoms with van der Waals surface area (Å²) in [6.45, 7) is 12.3. The standard InChI is InChI=1S/C23H33N3/c1-5-7-8-11-15-25(6-2)16-14-21-20-12-9-10-13-22(20)26-19(4)24-17-18(3)23(21)26/h9-10,12-13,17H,5-8,11,14-16H2,1-4H3. The molecule has 1 aromatic carbocycles. The molecule has 0 bridgehead atoms. The normalized spacial score (nSPS) is 11.9. The van der Waals surface area contributed by atoms with Crippen molar-refractivity contribution in [2.24, 2.45) is 0 Å². The fourth-order valence-corrected chi connectivity index (χ4v) is 4.08. The van der Waals surface area contributed by atoms with Gasteiger partial charge in [-0.05, 0) is 57.0 Å². The maximum atomic E-state index is 4.59. The monoisotopic (exact) mass is 351 g/mol. The van der Waals surface area contributed by atoms with Crippen molar-refractivity contribution in [1.82, 2.24) is 14.3 Å². The van der Waals surface area contributed by atoms with Crippen LogP contribution in [-0.4, -0.2) is 33.9 Å². The summed E-state index contributed by atoms with van der Waals surface area (Å²) in [4.78, 5) is 7.20. The van der Waals surface area contributed by atoms with Gasteiger partial charge in [0.1, 0.15) is 5.82 Å². The molecule has 3 heteroatoms. The second kappa shape index (κ2) is 8.68. The first-order valence-corrected chi connectivity index (χ1v) is 10.2. The Kier molecular flexibility index (Phi) is 6.31. The fourth-order valence-electron chi connectivity index (χ4n) is 4.08. The zero-order chi connectivity index (χ0) is 18.5. The van der Waals surface area contributed by atoms with Crippen LogP contribution >= 0.6 is 0 Å². The zero-order valence-corrected chi connectivity index (χ0v) is 16.9. The first kappa shape index (κ1) is 18.9. The van der Waals surface area contributed by atoms with Gasteiger partial charge in [-0.1, -0.05) is 51.3 Å². The molecule has 0 aliphatic rings. The molecule has 0 saturated carbocycles. The third kappa shape index (κ3) is 3.78. The molecule has 3 aromatic rings. The fraction of sp³-hybridized carbons (Fsp3) is 0.522. The van der Waals surface area contributed by atoms with E-state index in [2.05, 4.69) is 66.2 Å². The van der Waals surface area contributed by atoms with Crippen LogP contribution in [0.3, 0.4) is 0 Å². The Labute approximate surface area is 158 Å². The van der Waals surface area contributed by atoms with Crippen LogP contribution in [0.4, 0.5) is 0 Å². The lowest BCUT2D eigenvalue weighted by Gasteiger charge is -2.20. The maximum absolute atomic E-state index is 4.59. The Bertz CT molecular complexity index is 863. The van der Waals surface area contributed by atoms with Crippen molar-refractivity contribution in [1.29, 1.82) is 0 Å². The molecule has 3 rings (SSSR count). The minimum atomic E-state index is 1.07. The van der Waals surface area contributed by atoms with Crippen LogP contribution in [-0.2, 0) is 6.42 Å². The van der Waals surface area contributed by atoms with Gasteiger partial charge in [0.05, 0.1) is 11.0 Å². The number of benzene rings is 1. The summed E-state index contributed by atoms with van der Waals surface area (Å²) in [5.74, 6) is 1.07. The number of nitrogens with zero attached hydrogens (tertiary/aromatic N) is 3. The van der Waals surface area contributed by atoms with E-state index >= 15 is 0 Å². The molecule has 0 spiro atoms. The second-order valence-electron chi connectivity index (χ2n) is 7.41. The highest BCUT2D eigenvalue weighted by molar-refractivity contribution is 5.93. The van der Waals surface area contributed by atoms with Gasteiger partial charge in [0.2, 0.25) is 0 Å².